The van der Waals surface area contributed by atoms with E-state index in [4.69, 9.17) is 5.26 Å². The summed E-state index contributed by atoms with van der Waals surface area (Å²) in [7, 11) is 0. The molecule has 2 aliphatic carbocycles. The molecule has 0 amide bonds. The maximum Gasteiger partial charge on any atom is 0.123 e. The Morgan fingerprint density at radius 3 is 2.83 bits per heavy atom. The number of aldehydes is 1. The molecular formula is C10H13NO. The molecule has 0 aliphatic heterocycles. The maximum absolute atomic E-state index is 10.8. The smallest absolute Gasteiger partial charge is 0.123 e. The molecule has 64 valence electrons. The highest BCUT2D eigenvalue weighted by molar-refractivity contribution is 5.56. The lowest BCUT2D eigenvalue weighted by Gasteiger charge is -2.24. The summed E-state index contributed by atoms with van der Waals surface area (Å²) in [6.45, 7) is 0. The van der Waals surface area contributed by atoms with E-state index in [1.807, 2.05) is 0 Å². The molecule has 0 unspecified atom stereocenters. The summed E-state index contributed by atoms with van der Waals surface area (Å²) in [6.07, 6.45) is 5.35. The number of fused-ring (bicyclic) bond motifs is 2. The number of rotatable bonds is 2. The number of nitrogens with zero attached hydrogens (tertiary/aromatic N) is 1. The van der Waals surface area contributed by atoms with E-state index >= 15 is 0 Å². The fourth-order valence-electron chi connectivity index (χ4n) is 3.08. The first kappa shape index (κ1) is 7.79. The van der Waals surface area contributed by atoms with Gasteiger partial charge in [-0.1, -0.05) is 0 Å². The first-order valence-electron chi connectivity index (χ1n) is 4.69. The van der Waals surface area contributed by atoms with E-state index in [1.54, 1.807) is 0 Å². The van der Waals surface area contributed by atoms with Crippen LogP contribution in [-0.4, -0.2) is 6.29 Å². The molecule has 0 aromatic rings. The highest BCUT2D eigenvalue weighted by atomic mass is 16.1. The van der Waals surface area contributed by atoms with Crippen LogP contribution in [0.25, 0.3) is 0 Å². The van der Waals surface area contributed by atoms with Gasteiger partial charge in [-0.2, -0.15) is 5.26 Å². The maximum atomic E-state index is 10.8. The lowest BCUT2D eigenvalue weighted by atomic mass is 9.79. The van der Waals surface area contributed by atoms with Crippen molar-refractivity contribution in [2.75, 3.05) is 0 Å². The Morgan fingerprint density at radius 1 is 1.42 bits per heavy atom. The van der Waals surface area contributed by atoms with Gasteiger partial charge in [0.25, 0.3) is 0 Å². The second kappa shape index (κ2) is 2.90. The second-order valence-corrected chi connectivity index (χ2v) is 4.07. The Labute approximate surface area is 72.6 Å². The second-order valence-electron chi connectivity index (χ2n) is 4.07. The Morgan fingerprint density at radius 2 is 2.17 bits per heavy atom. The zero-order valence-electron chi connectivity index (χ0n) is 7.07. The van der Waals surface area contributed by atoms with E-state index < -0.39 is 0 Å². The van der Waals surface area contributed by atoms with Crippen LogP contribution in [0.5, 0.6) is 0 Å². The molecule has 2 fully saturated rings. The van der Waals surface area contributed by atoms with Gasteiger partial charge >= 0.3 is 0 Å². The van der Waals surface area contributed by atoms with Crippen molar-refractivity contribution in [2.45, 2.75) is 25.7 Å². The van der Waals surface area contributed by atoms with Crippen molar-refractivity contribution in [1.82, 2.24) is 0 Å². The SMILES string of the molecule is N#CC[C@H]1[C@H]2CC[C@H](C2)[C@@H]1C=O. The van der Waals surface area contributed by atoms with Crippen molar-refractivity contribution in [1.29, 1.82) is 5.26 Å². The van der Waals surface area contributed by atoms with Crippen molar-refractivity contribution >= 4 is 6.29 Å². The van der Waals surface area contributed by atoms with Gasteiger partial charge in [-0.05, 0) is 37.0 Å². The molecule has 0 radical (unpaired) electrons. The van der Waals surface area contributed by atoms with Crippen LogP contribution in [0.4, 0.5) is 0 Å². The Balaban J connectivity index is 2.12. The predicted molar refractivity (Wildman–Crippen MR) is 44.1 cm³/mol. The summed E-state index contributed by atoms with van der Waals surface area (Å²) >= 11 is 0. The number of carbonyl (C=O) groups is 1. The van der Waals surface area contributed by atoms with E-state index in [0.29, 0.717) is 24.2 Å². The topological polar surface area (TPSA) is 40.9 Å². The van der Waals surface area contributed by atoms with E-state index in [1.165, 1.54) is 19.3 Å². The van der Waals surface area contributed by atoms with Gasteiger partial charge in [0.15, 0.2) is 0 Å². The number of carbonyl (C=O) groups excluding carboxylic acids is 1. The minimum atomic E-state index is 0.211. The van der Waals surface area contributed by atoms with Crippen LogP contribution in [0, 0.1) is 35.0 Å². The molecule has 2 saturated carbocycles. The first-order valence-corrected chi connectivity index (χ1v) is 4.69. The largest absolute Gasteiger partial charge is 0.303 e. The van der Waals surface area contributed by atoms with Gasteiger partial charge in [-0.3, -0.25) is 0 Å². The van der Waals surface area contributed by atoms with E-state index in [-0.39, 0.29) is 5.92 Å². The number of nitriles is 1. The minimum absolute atomic E-state index is 0.211. The zero-order valence-corrected chi connectivity index (χ0v) is 7.07. The van der Waals surface area contributed by atoms with Gasteiger partial charge in [0.2, 0.25) is 0 Å². The fraction of sp³-hybridized carbons (Fsp3) is 0.800. The molecule has 2 heteroatoms. The highest BCUT2D eigenvalue weighted by Crippen LogP contribution is 2.52. The zero-order chi connectivity index (χ0) is 8.55. The molecule has 0 aromatic heterocycles. The van der Waals surface area contributed by atoms with Gasteiger partial charge in [-0.15, -0.1) is 0 Å². The van der Waals surface area contributed by atoms with Crippen LogP contribution in [-0.2, 0) is 4.79 Å². The van der Waals surface area contributed by atoms with Gasteiger partial charge in [0, 0.05) is 12.3 Å². The van der Waals surface area contributed by atoms with Crippen LogP contribution in [0.15, 0.2) is 0 Å². The summed E-state index contributed by atoms with van der Waals surface area (Å²) < 4.78 is 0. The van der Waals surface area contributed by atoms with E-state index in [9.17, 15) is 4.79 Å². The number of hydrogen-bond acceptors (Lipinski definition) is 2. The third-order valence-corrected chi connectivity index (χ3v) is 3.64. The minimum Gasteiger partial charge on any atom is -0.303 e. The predicted octanol–water partition coefficient (Wildman–Crippen LogP) is 1.76. The lowest BCUT2D eigenvalue weighted by Crippen LogP contribution is -2.23. The highest BCUT2D eigenvalue weighted by Gasteiger charge is 2.46. The summed E-state index contributed by atoms with van der Waals surface area (Å²) in [6, 6.07) is 2.20. The first-order chi connectivity index (χ1) is 5.86. The average Bonchev–Trinajstić information content (AvgIpc) is 2.64. The van der Waals surface area contributed by atoms with E-state index in [2.05, 4.69) is 6.07 Å². The molecule has 2 nitrogen and oxygen atoms in total. The molecule has 4 atom stereocenters. The van der Waals surface area contributed by atoms with Crippen molar-refractivity contribution in [3.8, 4) is 6.07 Å². The molecule has 0 spiro atoms. The molecule has 2 rings (SSSR count). The molecule has 0 aromatic carbocycles. The number of hydrogen-bond donors (Lipinski definition) is 0. The molecule has 2 bridgehead atoms. The molecule has 2 aliphatic rings. The summed E-state index contributed by atoms with van der Waals surface area (Å²) in [5.74, 6) is 1.91. The summed E-state index contributed by atoms with van der Waals surface area (Å²) in [4.78, 5) is 10.8. The third kappa shape index (κ3) is 0.964. The summed E-state index contributed by atoms with van der Waals surface area (Å²) in [5.41, 5.74) is 0. The normalized spacial score (nSPS) is 44.2. The molecule has 0 N–H and O–H groups in total. The molecule has 0 heterocycles. The van der Waals surface area contributed by atoms with Crippen LogP contribution in [0.3, 0.4) is 0 Å². The quantitative estimate of drug-likeness (QED) is 0.582. The van der Waals surface area contributed by atoms with Crippen molar-refractivity contribution < 1.29 is 4.79 Å². The van der Waals surface area contributed by atoms with Crippen LogP contribution in [0.2, 0.25) is 0 Å². The van der Waals surface area contributed by atoms with Crippen LogP contribution >= 0.6 is 0 Å². The van der Waals surface area contributed by atoms with Crippen molar-refractivity contribution in [3.63, 3.8) is 0 Å². The molecule has 12 heavy (non-hydrogen) atoms. The average molecular weight is 163 g/mol. The lowest BCUT2D eigenvalue weighted by molar-refractivity contribution is -0.113. The molecule has 0 saturated heterocycles. The van der Waals surface area contributed by atoms with Crippen LogP contribution in [0.1, 0.15) is 25.7 Å². The van der Waals surface area contributed by atoms with Gasteiger partial charge in [0.05, 0.1) is 6.07 Å². The van der Waals surface area contributed by atoms with Gasteiger partial charge < -0.3 is 4.79 Å². The van der Waals surface area contributed by atoms with E-state index in [0.717, 1.165) is 6.29 Å². The third-order valence-electron chi connectivity index (χ3n) is 3.64. The Bertz CT molecular complexity index is 230. The standard InChI is InChI=1S/C10H13NO/c11-4-3-9-7-1-2-8(5-7)10(9)6-12/h6-10H,1-3,5H2/t7-,8+,9-,10-/m0/s1. The van der Waals surface area contributed by atoms with Crippen LogP contribution < -0.4 is 0 Å². The van der Waals surface area contributed by atoms with Gasteiger partial charge in [0.1, 0.15) is 6.29 Å². The van der Waals surface area contributed by atoms with Gasteiger partial charge in [-0.25, -0.2) is 0 Å². The monoisotopic (exact) mass is 163 g/mol. The van der Waals surface area contributed by atoms with Crippen molar-refractivity contribution in [3.05, 3.63) is 0 Å². The summed E-state index contributed by atoms with van der Waals surface area (Å²) in [5, 5.41) is 8.60. The Hall–Kier alpha value is -0.840. The fourth-order valence-corrected chi connectivity index (χ4v) is 3.08. The molecular weight excluding hydrogens is 150 g/mol. The van der Waals surface area contributed by atoms with Crippen molar-refractivity contribution in [2.24, 2.45) is 23.7 Å². The Kier molecular flexibility index (Phi) is 1.88.